The number of nitrogens with one attached hydrogen (secondary N) is 1. The Labute approximate surface area is 127 Å². The van der Waals surface area contributed by atoms with Crippen LogP contribution in [0.3, 0.4) is 0 Å². The molecule has 0 aliphatic carbocycles. The third kappa shape index (κ3) is 3.36. The molecule has 0 bridgehead atoms. The van der Waals surface area contributed by atoms with Crippen molar-refractivity contribution in [1.82, 2.24) is 4.98 Å². The highest BCUT2D eigenvalue weighted by Crippen LogP contribution is 2.25. The summed E-state index contributed by atoms with van der Waals surface area (Å²) in [6.45, 7) is 2.64. The molecule has 20 heavy (non-hydrogen) atoms. The molecule has 2 aromatic rings. The van der Waals surface area contributed by atoms with Crippen LogP contribution >= 0.6 is 15.9 Å². The number of hydrogen-bond donors (Lipinski definition) is 2. The average molecular weight is 333 g/mol. The predicted octanol–water partition coefficient (Wildman–Crippen LogP) is 3.07. The fraction of sp³-hybridized carbons (Fsp3) is 0.200. The Bertz CT molecular complexity index is 640. The van der Waals surface area contributed by atoms with Crippen LogP contribution in [0.2, 0.25) is 0 Å². The first-order valence-electron chi connectivity index (χ1n) is 6.25. The highest BCUT2D eigenvalue weighted by atomic mass is 79.9. The molecule has 0 radical (unpaired) electrons. The van der Waals surface area contributed by atoms with Crippen LogP contribution < -0.4 is 10.6 Å². The molecular weight excluding hydrogens is 316 g/mol. The number of nitrogens with zero attached hydrogens (tertiary/aromatic N) is 2. The third-order valence-electron chi connectivity index (χ3n) is 3.01. The number of anilines is 1. The van der Waals surface area contributed by atoms with E-state index in [4.69, 9.17) is 11.1 Å². The Morgan fingerprint density at radius 3 is 2.75 bits per heavy atom. The molecule has 5 heteroatoms. The summed E-state index contributed by atoms with van der Waals surface area (Å²) in [7, 11) is 1.97. The monoisotopic (exact) mass is 332 g/mol. The van der Waals surface area contributed by atoms with Crippen molar-refractivity contribution in [3.05, 3.63) is 57.8 Å². The summed E-state index contributed by atoms with van der Waals surface area (Å²) in [6.07, 6.45) is 0. The van der Waals surface area contributed by atoms with Crippen LogP contribution in [0, 0.1) is 12.3 Å². The molecule has 1 aromatic carbocycles. The second kappa shape index (κ2) is 6.05. The zero-order chi connectivity index (χ0) is 14.7. The summed E-state index contributed by atoms with van der Waals surface area (Å²) in [6, 6.07) is 11.7. The van der Waals surface area contributed by atoms with Gasteiger partial charge in [0.2, 0.25) is 0 Å². The molecule has 0 spiro atoms. The van der Waals surface area contributed by atoms with E-state index < -0.39 is 0 Å². The third-order valence-corrected chi connectivity index (χ3v) is 3.50. The average Bonchev–Trinajstić information content (AvgIpc) is 2.38. The van der Waals surface area contributed by atoms with Gasteiger partial charge in [-0.05, 0) is 37.3 Å². The molecule has 0 fully saturated rings. The van der Waals surface area contributed by atoms with E-state index in [1.807, 2.05) is 55.3 Å². The second-order valence-electron chi connectivity index (χ2n) is 4.70. The maximum absolute atomic E-state index is 7.67. The van der Waals surface area contributed by atoms with Gasteiger partial charge in [-0.1, -0.05) is 22.0 Å². The molecule has 0 amide bonds. The fourth-order valence-corrected chi connectivity index (χ4v) is 2.41. The molecule has 0 atom stereocenters. The van der Waals surface area contributed by atoms with Gasteiger partial charge in [-0.25, -0.2) is 0 Å². The van der Waals surface area contributed by atoms with E-state index in [-0.39, 0.29) is 5.84 Å². The first kappa shape index (κ1) is 14.5. The van der Waals surface area contributed by atoms with Crippen molar-refractivity contribution >= 4 is 27.5 Å². The topological polar surface area (TPSA) is 66.0 Å². The van der Waals surface area contributed by atoms with Crippen molar-refractivity contribution in [1.29, 1.82) is 5.41 Å². The molecule has 0 aliphatic heterocycles. The summed E-state index contributed by atoms with van der Waals surface area (Å²) >= 11 is 3.46. The summed E-state index contributed by atoms with van der Waals surface area (Å²) in [4.78, 5) is 6.54. The van der Waals surface area contributed by atoms with Gasteiger partial charge < -0.3 is 10.6 Å². The van der Waals surface area contributed by atoms with Crippen molar-refractivity contribution in [2.75, 3.05) is 11.9 Å². The minimum atomic E-state index is 0.0663. The summed E-state index contributed by atoms with van der Waals surface area (Å²) in [5.41, 5.74) is 9.27. The van der Waals surface area contributed by atoms with Gasteiger partial charge in [-0.15, -0.1) is 0 Å². The van der Waals surface area contributed by atoms with Crippen LogP contribution in [0.25, 0.3) is 0 Å². The van der Waals surface area contributed by atoms with E-state index in [0.717, 1.165) is 27.1 Å². The molecule has 104 valence electrons. The van der Waals surface area contributed by atoms with Gasteiger partial charge in [0, 0.05) is 28.5 Å². The lowest BCUT2D eigenvalue weighted by atomic mass is 10.1. The number of aryl methyl sites for hydroxylation is 1. The molecule has 1 heterocycles. The maximum Gasteiger partial charge on any atom is 0.124 e. The minimum absolute atomic E-state index is 0.0663. The molecular formula is C15H17BrN4. The molecule has 0 saturated carbocycles. The lowest BCUT2D eigenvalue weighted by Crippen LogP contribution is -2.22. The zero-order valence-electron chi connectivity index (χ0n) is 11.5. The quantitative estimate of drug-likeness (QED) is 0.667. The number of hydrogen-bond acceptors (Lipinski definition) is 3. The zero-order valence-corrected chi connectivity index (χ0v) is 13.1. The molecule has 4 nitrogen and oxygen atoms in total. The van der Waals surface area contributed by atoms with Crippen molar-refractivity contribution in [3.8, 4) is 0 Å². The Balaban J connectivity index is 2.31. The number of amidine groups is 1. The summed E-state index contributed by atoms with van der Waals surface area (Å²) in [5, 5.41) is 7.67. The molecule has 3 N–H and O–H groups in total. The molecule has 1 aromatic heterocycles. The SMILES string of the molecule is Cc1cccc(CN(C)c2cc(Br)ccc2C(=N)N)n1. The number of halogens is 1. The largest absolute Gasteiger partial charge is 0.384 e. The van der Waals surface area contributed by atoms with E-state index in [9.17, 15) is 0 Å². The van der Waals surface area contributed by atoms with Gasteiger partial charge >= 0.3 is 0 Å². The van der Waals surface area contributed by atoms with Crippen LogP contribution in [0.1, 0.15) is 17.0 Å². The van der Waals surface area contributed by atoms with Crippen molar-refractivity contribution in [3.63, 3.8) is 0 Å². The minimum Gasteiger partial charge on any atom is -0.384 e. The molecule has 2 rings (SSSR count). The van der Waals surface area contributed by atoms with Crippen LogP contribution in [-0.4, -0.2) is 17.9 Å². The van der Waals surface area contributed by atoms with Gasteiger partial charge in [0.1, 0.15) is 5.84 Å². The van der Waals surface area contributed by atoms with E-state index in [1.165, 1.54) is 0 Å². The van der Waals surface area contributed by atoms with Gasteiger partial charge in [0.15, 0.2) is 0 Å². The second-order valence-corrected chi connectivity index (χ2v) is 5.62. The van der Waals surface area contributed by atoms with Crippen LogP contribution in [-0.2, 0) is 6.54 Å². The summed E-state index contributed by atoms with van der Waals surface area (Å²) < 4.78 is 0.960. The number of benzene rings is 1. The van der Waals surface area contributed by atoms with E-state index >= 15 is 0 Å². The number of rotatable bonds is 4. The van der Waals surface area contributed by atoms with Gasteiger partial charge in [-0.3, -0.25) is 10.4 Å². The maximum atomic E-state index is 7.67. The Hall–Kier alpha value is -1.88. The number of aromatic nitrogens is 1. The van der Waals surface area contributed by atoms with E-state index in [0.29, 0.717) is 6.54 Å². The van der Waals surface area contributed by atoms with Crippen molar-refractivity contribution in [2.24, 2.45) is 5.73 Å². The van der Waals surface area contributed by atoms with Crippen molar-refractivity contribution < 1.29 is 0 Å². The Morgan fingerprint density at radius 1 is 1.35 bits per heavy atom. The van der Waals surface area contributed by atoms with Crippen LogP contribution in [0.4, 0.5) is 5.69 Å². The number of nitrogens with two attached hydrogens (primary N) is 1. The first-order valence-corrected chi connectivity index (χ1v) is 7.04. The van der Waals surface area contributed by atoms with Crippen LogP contribution in [0.5, 0.6) is 0 Å². The van der Waals surface area contributed by atoms with Gasteiger partial charge in [-0.2, -0.15) is 0 Å². The number of pyridine rings is 1. The predicted molar refractivity (Wildman–Crippen MR) is 86.2 cm³/mol. The standard InChI is InChI=1S/C15H17BrN4/c1-10-4-3-5-12(19-10)9-20(2)14-8-11(16)6-7-13(14)15(17)18/h3-8H,9H2,1-2H3,(H3,17,18). The van der Waals surface area contributed by atoms with Gasteiger partial charge in [0.25, 0.3) is 0 Å². The molecule has 0 saturated heterocycles. The first-order chi connectivity index (χ1) is 9.47. The van der Waals surface area contributed by atoms with Gasteiger partial charge in [0.05, 0.1) is 12.2 Å². The normalized spacial score (nSPS) is 10.3. The molecule has 0 unspecified atom stereocenters. The highest BCUT2D eigenvalue weighted by Gasteiger charge is 2.11. The fourth-order valence-electron chi connectivity index (χ4n) is 2.06. The smallest absolute Gasteiger partial charge is 0.124 e. The number of nitrogen functional groups attached to an aromatic ring is 1. The lowest BCUT2D eigenvalue weighted by Gasteiger charge is -2.22. The Kier molecular flexibility index (Phi) is 4.39. The van der Waals surface area contributed by atoms with E-state index in [1.54, 1.807) is 0 Å². The molecule has 0 aliphatic rings. The van der Waals surface area contributed by atoms with Crippen molar-refractivity contribution in [2.45, 2.75) is 13.5 Å². The lowest BCUT2D eigenvalue weighted by molar-refractivity contribution is 0.875. The van der Waals surface area contributed by atoms with E-state index in [2.05, 4.69) is 20.9 Å². The van der Waals surface area contributed by atoms with Crippen LogP contribution in [0.15, 0.2) is 40.9 Å². The Morgan fingerprint density at radius 2 is 2.10 bits per heavy atom. The summed E-state index contributed by atoms with van der Waals surface area (Å²) in [5.74, 6) is 0.0663. The highest BCUT2D eigenvalue weighted by molar-refractivity contribution is 9.10.